The van der Waals surface area contributed by atoms with Crippen molar-refractivity contribution in [1.29, 1.82) is 0 Å². The van der Waals surface area contributed by atoms with Crippen LogP contribution in [0, 0.1) is 13.8 Å². The Morgan fingerprint density at radius 1 is 1.25 bits per heavy atom. The molecule has 12 heavy (non-hydrogen) atoms. The highest BCUT2D eigenvalue weighted by atomic mass is 16.4. The number of aryl methyl sites for hydroxylation is 2. The second kappa shape index (κ2) is 2.27. The second-order valence-corrected chi connectivity index (χ2v) is 2.94. The van der Waals surface area contributed by atoms with E-state index in [4.69, 9.17) is 4.42 Å². The molecule has 1 aromatic carbocycles. The van der Waals surface area contributed by atoms with E-state index >= 15 is 0 Å². The van der Waals surface area contributed by atoms with E-state index in [-0.39, 0.29) is 5.75 Å². The smallest absolute Gasteiger partial charge is 0.176 e. The highest BCUT2D eigenvalue weighted by Crippen LogP contribution is 2.30. The summed E-state index contributed by atoms with van der Waals surface area (Å²) in [7, 11) is 0. The molecule has 62 valence electrons. The van der Waals surface area contributed by atoms with Gasteiger partial charge < -0.3 is 9.52 Å². The standard InChI is InChI=1S/C10H10O2/c1-6-7(2)12-10-8(6)4-3-5-9(10)11/h3-5,11H,1-2H3. The highest BCUT2D eigenvalue weighted by molar-refractivity contribution is 5.86. The van der Waals surface area contributed by atoms with Crippen molar-refractivity contribution in [2.24, 2.45) is 0 Å². The summed E-state index contributed by atoms with van der Waals surface area (Å²) >= 11 is 0. The average molecular weight is 162 g/mol. The Labute approximate surface area is 70.4 Å². The lowest BCUT2D eigenvalue weighted by atomic mass is 10.1. The molecule has 0 aliphatic heterocycles. The van der Waals surface area contributed by atoms with E-state index in [1.807, 2.05) is 26.0 Å². The van der Waals surface area contributed by atoms with Crippen LogP contribution in [-0.4, -0.2) is 5.11 Å². The Bertz CT molecular complexity index is 427. The minimum absolute atomic E-state index is 0.212. The van der Waals surface area contributed by atoms with Crippen molar-refractivity contribution in [3.63, 3.8) is 0 Å². The quantitative estimate of drug-likeness (QED) is 0.646. The number of phenols is 1. The molecule has 1 aromatic heterocycles. The molecule has 0 aliphatic carbocycles. The van der Waals surface area contributed by atoms with Gasteiger partial charge >= 0.3 is 0 Å². The first-order chi connectivity index (χ1) is 5.70. The first kappa shape index (κ1) is 7.22. The summed E-state index contributed by atoms with van der Waals surface area (Å²) in [6.45, 7) is 3.88. The lowest BCUT2D eigenvalue weighted by Crippen LogP contribution is -1.69. The van der Waals surface area contributed by atoms with Crippen LogP contribution in [0.15, 0.2) is 22.6 Å². The van der Waals surface area contributed by atoms with E-state index in [2.05, 4.69) is 0 Å². The number of rotatable bonds is 0. The number of benzene rings is 1. The van der Waals surface area contributed by atoms with Crippen molar-refractivity contribution in [2.45, 2.75) is 13.8 Å². The van der Waals surface area contributed by atoms with Crippen LogP contribution in [0.4, 0.5) is 0 Å². The molecule has 2 heteroatoms. The van der Waals surface area contributed by atoms with Crippen LogP contribution in [0.1, 0.15) is 11.3 Å². The number of fused-ring (bicyclic) bond motifs is 1. The van der Waals surface area contributed by atoms with Gasteiger partial charge in [0.05, 0.1) is 0 Å². The molecule has 0 amide bonds. The van der Waals surface area contributed by atoms with Gasteiger partial charge in [0, 0.05) is 5.39 Å². The molecule has 2 nitrogen and oxygen atoms in total. The van der Waals surface area contributed by atoms with E-state index in [1.165, 1.54) is 0 Å². The normalized spacial score (nSPS) is 10.8. The van der Waals surface area contributed by atoms with Gasteiger partial charge in [0.2, 0.25) is 0 Å². The Morgan fingerprint density at radius 3 is 2.67 bits per heavy atom. The zero-order valence-electron chi connectivity index (χ0n) is 7.09. The molecule has 0 spiro atoms. The summed E-state index contributed by atoms with van der Waals surface area (Å²) in [5.74, 6) is 1.08. The number of aromatic hydroxyl groups is 1. The first-order valence-electron chi connectivity index (χ1n) is 3.88. The lowest BCUT2D eigenvalue weighted by Gasteiger charge is -1.91. The molecule has 1 N–H and O–H groups in total. The maximum atomic E-state index is 9.42. The minimum Gasteiger partial charge on any atom is -0.504 e. The predicted molar refractivity (Wildman–Crippen MR) is 47.4 cm³/mol. The fourth-order valence-corrected chi connectivity index (χ4v) is 1.35. The molecule has 0 fully saturated rings. The molecule has 2 aromatic rings. The van der Waals surface area contributed by atoms with Crippen molar-refractivity contribution < 1.29 is 9.52 Å². The van der Waals surface area contributed by atoms with Crippen molar-refractivity contribution in [1.82, 2.24) is 0 Å². The van der Waals surface area contributed by atoms with E-state index < -0.39 is 0 Å². The molecule has 0 aliphatic rings. The third-order valence-electron chi connectivity index (χ3n) is 2.18. The summed E-state index contributed by atoms with van der Waals surface area (Å²) in [6, 6.07) is 5.39. The molecule has 0 radical (unpaired) electrons. The first-order valence-corrected chi connectivity index (χ1v) is 3.88. The zero-order valence-corrected chi connectivity index (χ0v) is 7.09. The van der Waals surface area contributed by atoms with E-state index in [1.54, 1.807) is 6.07 Å². The van der Waals surface area contributed by atoms with Crippen LogP contribution >= 0.6 is 0 Å². The van der Waals surface area contributed by atoms with Crippen molar-refractivity contribution in [3.8, 4) is 5.75 Å². The van der Waals surface area contributed by atoms with Gasteiger partial charge in [-0.05, 0) is 25.5 Å². The van der Waals surface area contributed by atoms with Crippen LogP contribution in [0.2, 0.25) is 0 Å². The Balaban J connectivity index is 2.95. The van der Waals surface area contributed by atoms with Gasteiger partial charge in [0.25, 0.3) is 0 Å². The number of hydrogen-bond donors (Lipinski definition) is 1. The third kappa shape index (κ3) is 0.811. The summed E-state index contributed by atoms with van der Waals surface area (Å²) in [4.78, 5) is 0. The molecule has 0 saturated carbocycles. The summed E-state index contributed by atoms with van der Waals surface area (Å²) in [6.07, 6.45) is 0. The molecular formula is C10H10O2. The van der Waals surface area contributed by atoms with Gasteiger partial charge in [-0.1, -0.05) is 12.1 Å². The largest absolute Gasteiger partial charge is 0.504 e. The van der Waals surface area contributed by atoms with Gasteiger partial charge in [-0.2, -0.15) is 0 Å². The van der Waals surface area contributed by atoms with E-state index in [0.717, 1.165) is 16.7 Å². The molecule has 2 rings (SSSR count). The maximum absolute atomic E-state index is 9.42. The van der Waals surface area contributed by atoms with Crippen LogP contribution < -0.4 is 0 Å². The fourth-order valence-electron chi connectivity index (χ4n) is 1.35. The molecule has 1 heterocycles. The van der Waals surface area contributed by atoms with Crippen LogP contribution in [0.25, 0.3) is 11.0 Å². The Kier molecular flexibility index (Phi) is 1.37. The highest BCUT2D eigenvalue weighted by Gasteiger charge is 2.08. The average Bonchev–Trinajstić information content (AvgIpc) is 2.32. The van der Waals surface area contributed by atoms with Crippen LogP contribution in [0.3, 0.4) is 0 Å². The van der Waals surface area contributed by atoms with Crippen molar-refractivity contribution in [3.05, 3.63) is 29.5 Å². The number of para-hydroxylation sites is 1. The topological polar surface area (TPSA) is 33.4 Å². The molecule has 0 bridgehead atoms. The third-order valence-corrected chi connectivity index (χ3v) is 2.18. The SMILES string of the molecule is Cc1oc2c(O)cccc2c1C. The molecule has 0 unspecified atom stereocenters. The second-order valence-electron chi connectivity index (χ2n) is 2.94. The number of furan rings is 1. The lowest BCUT2D eigenvalue weighted by molar-refractivity contribution is 0.461. The fraction of sp³-hybridized carbons (Fsp3) is 0.200. The summed E-state index contributed by atoms with van der Waals surface area (Å²) in [5.41, 5.74) is 1.69. The van der Waals surface area contributed by atoms with Crippen molar-refractivity contribution >= 4 is 11.0 Å². The van der Waals surface area contributed by atoms with Gasteiger partial charge in [-0.3, -0.25) is 0 Å². The Morgan fingerprint density at radius 2 is 2.00 bits per heavy atom. The molecule has 0 saturated heterocycles. The zero-order chi connectivity index (χ0) is 8.72. The summed E-state index contributed by atoms with van der Waals surface area (Å²) < 4.78 is 5.38. The van der Waals surface area contributed by atoms with Gasteiger partial charge in [-0.15, -0.1) is 0 Å². The number of hydrogen-bond acceptors (Lipinski definition) is 2. The van der Waals surface area contributed by atoms with Crippen molar-refractivity contribution in [2.75, 3.05) is 0 Å². The van der Waals surface area contributed by atoms with Crippen LogP contribution in [0.5, 0.6) is 5.75 Å². The summed E-state index contributed by atoms with van der Waals surface area (Å²) in [5, 5.41) is 10.4. The number of phenolic OH excluding ortho intramolecular Hbond substituents is 1. The van der Waals surface area contributed by atoms with E-state index in [9.17, 15) is 5.11 Å². The Hall–Kier alpha value is -1.44. The monoisotopic (exact) mass is 162 g/mol. The van der Waals surface area contributed by atoms with E-state index in [0.29, 0.717) is 5.58 Å². The predicted octanol–water partition coefficient (Wildman–Crippen LogP) is 2.76. The minimum atomic E-state index is 0.212. The maximum Gasteiger partial charge on any atom is 0.176 e. The van der Waals surface area contributed by atoms with Gasteiger partial charge in [-0.25, -0.2) is 0 Å². The van der Waals surface area contributed by atoms with Gasteiger partial charge in [0.1, 0.15) is 5.76 Å². The van der Waals surface area contributed by atoms with Crippen LogP contribution in [-0.2, 0) is 0 Å². The van der Waals surface area contributed by atoms with Gasteiger partial charge in [0.15, 0.2) is 11.3 Å². The molecule has 0 atom stereocenters. The molecular weight excluding hydrogens is 152 g/mol.